The predicted molar refractivity (Wildman–Crippen MR) is 66.4 cm³/mol. The van der Waals surface area contributed by atoms with E-state index >= 15 is 0 Å². The fraction of sp³-hybridized carbons (Fsp3) is 0.538. The molecule has 2 heterocycles. The van der Waals surface area contributed by atoms with Crippen LogP contribution in [0.2, 0.25) is 0 Å². The highest BCUT2D eigenvalue weighted by molar-refractivity contribution is 5.87. The summed E-state index contributed by atoms with van der Waals surface area (Å²) in [6.45, 7) is 5.24. The lowest BCUT2D eigenvalue weighted by atomic mass is 9.94. The van der Waals surface area contributed by atoms with Crippen LogP contribution in [0.3, 0.4) is 0 Å². The minimum absolute atomic E-state index is 0.0505. The zero-order chi connectivity index (χ0) is 12.3. The minimum atomic E-state index is 0.0505. The normalized spacial score (nSPS) is 20.3. The van der Waals surface area contributed by atoms with Crippen LogP contribution in [0.25, 0.3) is 0 Å². The number of piperidine rings is 1. The minimum Gasteiger partial charge on any atom is -0.339 e. The third-order valence-electron chi connectivity index (χ3n) is 3.40. The number of imidazole rings is 1. The third kappa shape index (κ3) is 2.75. The molecule has 1 fully saturated rings. The van der Waals surface area contributed by atoms with Crippen molar-refractivity contribution in [2.75, 3.05) is 13.1 Å². The summed E-state index contributed by atoms with van der Waals surface area (Å²) in [5.74, 6) is 1.67. The van der Waals surface area contributed by atoms with Gasteiger partial charge in [-0.1, -0.05) is 6.58 Å². The van der Waals surface area contributed by atoms with Crippen LogP contribution in [0.1, 0.15) is 18.7 Å². The first kappa shape index (κ1) is 11.9. The number of aryl methyl sites for hydroxylation is 1. The Morgan fingerprint density at radius 1 is 1.71 bits per heavy atom. The van der Waals surface area contributed by atoms with E-state index in [0.717, 1.165) is 31.8 Å². The van der Waals surface area contributed by atoms with Gasteiger partial charge in [0.25, 0.3) is 0 Å². The van der Waals surface area contributed by atoms with Gasteiger partial charge in [-0.05, 0) is 24.8 Å². The summed E-state index contributed by atoms with van der Waals surface area (Å²) in [4.78, 5) is 17.8. The largest absolute Gasteiger partial charge is 0.339 e. The maximum absolute atomic E-state index is 11.6. The van der Waals surface area contributed by atoms with E-state index in [-0.39, 0.29) is 5.91 Å². The van der Waals surface area contributed by atoms with Gasteiger partial charge in [0.1, 0.15) is 5.82 Å². The van der Waals surface area contributed by atoms with Gasteiger partial charge in [-0.2, -0.15) is 0 Å². The van der Waals surface area contributed by atoms with Crippen LogP contribution in [0.5, 0.6) is 0 Å². The van der Waals surface area contributed by atoms with Crippen molar-refractivity contribution in [2.45, 2.75) is 19.3 Å². The van der Waals surface area contributed by atoms with Crippen LogP contribution >= 0.6 is 0 Å². The molecular weight excluding hydrogens is 214 g/mol. The highest BCUT2D eigenvalue weighted by Gasteiger charge is 2.23. The van der Waals surface area contributed by atoms with Gasteiger partial charge in [0, 0.05) is 39.0 Å². The van der Waals surface area contributed by atoms with Crippen molar-refractivity contribution in [3.05, 3.63) is 30.9 Å². The van der Waals surface area contributed by atoms with Gasteiger partial charge in [0.15, 0.2) is 0 Å². The maximum Gasteiger partial charge on any atom is 0.245 e. The van der Waals surface area contributed by atoms with Crippen LogP contribution in [0.15, 0.2) is 25.0 Å². The van der Waals surface area contributed by atoms with E-state index in [1.807, 2.05) is 28.9 Å². The van der Waals surface area contributed by atoms with Crippen molar-refractivity contribution >= 4 is 5.91 Å². The number of rotatable bonds is 3. The summed E-state index contributed by atoms with van der Waals surface area (Å²) in [5.41, 5.74) is 0. The first-order valence-corrected chi connectivity index (χ1v) is 6.08. The molecule has 0 spiro atoms. The summed E-state index contributed by atoms with van der Waals surface area (Å²) in [6.07, 6.45) is 8.39. The Labute approximate surface area is 102 Å². The number of aromatic nitrogens is 2. The van der Waals surface area contributed by atoms with Gasteiger partial charge in [0.05, 0.1) is 0 Å². The molecule has 1 aliphatic heterocycles. The van der Waals surface area contributed by atoms with Gasteiger partial charge < -0.3 is 9.47 Å². The second-order valence-corrected chi connectivity index (χ2v) is 4.66. The molecule has 0 radical (unpaired) electrons. The summed E-state index contributed by atoms with van der Waals surface area (Å²) < 4.78 is 2.05. The van der Waals surface area contributed by atoms with Crippen LogP contribution in [0, 0.1) is 5.92 Å². The molecule has 4 nitrogen and oxygen atoms in total. The van der Waals surface area contributed by atoms with Gasteiger partial charge in [-0.3, -0.25) is 4.79 Å². The molecule has 0 aromatic carbocycles. The van der Waals surface area contributed by atoms with Crippen LogP contribution in [0.4, 0.5) is 0 Å². The Morgan fingerprint density at radius 3 is 3.18 bits per heavy atom. The van der Waals surface area contributed by atoms with E-state index in [2.05, 4.69) is 11.6 Å². The van der Waals surface area contributed by atoms with Crippen LogP contribution < -0.4 is 0 Å². The molecule has 1 amide bonds. The molecule has 0 N–H and O–H groups in total. The van der Waals surface area contributed by atoms with Crippen molar-refractivity contribution in [1.29, 1.82) is 0 Å². The highest BCUT2D eigenvalue weighted by atomic mass is 16.2. The van der Waals surface area contributed by atoms with E-state index in [0.29, 0.717) is 5.92 Å². The fourth-order valence-electron chi connectivity index (χ4n) is 2.41. The molecule has 17 heavy (non-hydrogen) atoms. The van der Waals surface area contributed by atoms with Gasteiger partial charge in [-0.25, -0.2) is 4.98 Å². The number of hydrogen-bond donors (Lipinski definition) is 0. The zero-order valence-electron chi connectivity index (χ0n) is 10.3. The number of amides is 1. The van der Waals surface area contributed by atoms with E-state index in [9.17, 15) is 4.79 Å². The van der Waals surface area contributed by atoms with Crippen molar-refractivity contribution in [1.82, 2.24) is 14.5 Å². The molecule has 0 aliphatic carbocycles. The number of carbonyl (C=O) groups is 1. The van der Waals surface area contributed by atoms with E-state index in [1.165, 1.54) is 12.5 Å². The van der Waals surface area contributed by atoms with Crippen molar-refractivity contribution in [2.24, 2.45) is 13.0 Å². The smallest absolute Gasteiger partial charge is 0.245 e. The maximum atomic E-state index is 11.6. The molecule has 92 valence electrons. The lowest BCUT2D eigenvalue weighted by Gasteiger charge is -2.31. The second-order valence-electron chi connectivity index (χ2n) is 4.66. The molecule has 1 atom stereocenters. The average molecular weight is 233 g/mol. The van der Waals surface area contributed by atoms with Crippen molar-refractivity contribution in [3.63, 3.8) is 0 Å². The first-order chi connectivity index (χ1) is 8.20. The Morgan fingerprint density at radius 2 is 2.53 bits per heavy atom. The number of nitrogens with zero attached hydrogens (tertiary/aromatic N) is 3. The SMILES string of the molecule is C=CC(=O)N1CCCC(Cc2nccn2C)C1. The molecule has 1 aliphatic rings. The molecule has 4 heteroatoms. The van der Waals surface area contributed by atoms with E-state index in [1.54, 1.807) is 0 Å². The summed E-state index contributed by atoms with van der Waals surface area (Å²) in [7, 11) is 2.01. The number of hydrogen-bond acceptors (Lipinski definition) is 2. The Balaban J connectivity index is 1.96. The Kier molecular flexibility index (Phi) is 3.61. The van der Waals surface area contributed by atoms with E-state index in [4.69, 9.17) is 0 Å². The molecule has 1 aromatic heterocycles. The standard InChI is InChI=1S/C13H19N3O/c1-3-13(17)16-7-4-5-11(10-16)9-12-14-6-8-15(12)2/h3,6,8,11H,1,4-5,7,9-10H2,2H3. The van der Waals surface area contributed by atoms with Crippen LogP contribution in [-0.2, 0) is 18.3 Å². The molecular formula is C13H19N3O. The molecule has 1 unspecified atom stereocenters. The molecule has 2 rings (SSSR count). The fourth-order valence-corrected chi connectivity index (χ4v) is 2.41. The summed E-state index contributed by atoms with van der Waals surface area (Å²) >= 11 is 0. The Bertz CT molecular complexity index is 411. The number of carbonyl (C=O) groups excluding carboxylic acids is 1. The third-order valence-corrected chi connectivity index (χ3v) is 3.40. The topological polar surface area (TPSA) is 38.1 Å². The molecule has 0 saturated carbocycles. The lowest BCUT2D eigenvalue weighted by Crippen LogP contribution is -2.39. The monoisotopic (exact) mass is 233 g/mol. The Hall–Kier alpha value is -1.58. The summed E-state index contributed by atoms with van der Waals surface area (Å²) in [5, 5.41) is 0. The first-order valence-electron chi connectivity index (χ1n) is 6.08. The van der Waals surface area contributed by atoms with Gasteiger partial charge in [0.2, 0.25) is 5.91 Å². The van der Waals surface area contributed by atoms with Gasteiger partial charge in [-0.15, -0.1) is 0 Å². The van der Waals surface area contributed by atoms with Crippen LogP contribution in [-0.4, -0.2) is 33.4 Å². The summed E-state index contributed by atoms with van der Waals surface area (Å²) in [6, 6.07) is 0. The van der Waals surface area contributed by atoms with Crippen molar-refractivity contribution < 1.29 is 4.79 Å². The van der Waals surface area contributed by atoms with Gasteiger partial charge >= 0.3 is 0 Å². The molecule has 1 aromatic rings. The molecule has 1 saturated heterocycles. The molecule has 0 bridgehead atoms. The predicted octanol–water partition coefficient (Wildman–Crippen LogP) is 1.39. The second kappa shape index (κ2) is 5.17. The lowest BCUT2D eigenvalue weighted by molar-refractivity contribution is -0.127. The zero-order valence-corrected chi connectivity index (χ0v) is 10.3. The average Bonchev–Trinajstić information content (AvgIpc) is 2.74. The highest BCUT2D eigenvalue weighted by Crippen LogP contribution is 2.20. The number of likely N-dealkylation sites (tertiary alicyclic amines) is 1. The van der Waals surface area contributed by atoms with E-state index < -0.39 is 0 Å². The quantitative estimate of drug-likeness (QED) is 0.740. The van der Waals surface area contributed by atoms with Crippen molar-refractivity contribution in [3.8, 4) is 0 Å².